The van der Waals surface area contributed by atoms with E-state index in [1.165, 1.54) is 0 Å². The maximum absolute atomic E-state index is 15.6. The molecule has 35 heavy (non-hydrogen) atoms. The minimum atomic E-state index is -3.92. The van der Waals surface area contributed by atoms with E-state index in [0.717, 1.165) is 41.7 Å². The number of alkyl halides is 2. The molecule has 0 bridgehead atoms. The van der Waals surface area contributed by atoms with E-state index >= 15 is 8.78 Å². The van der Waals surface area contributed by atoms with Gasteiger partial charge in [-0.3, -0.25) is 24.0 Å². The molecule has 1 heterocycles. The summed E-state index contributed by atoms with van der Waals surface area (Å²) in [6.45, 7) is 3.95. The lowest BCUT2D eigenvalue weighted by Gasteiger charge is -2.47. The van der Waals surface area contributed by atoms with E-state index in [-0.39, 0.29) is 0 Å². The Labute approximate surface area is 198 Å². The molecule has 1 saturated heterocycles. The van der Waals surface area contributed by atoms with Crippen molar-refractivity contribution in [3.8, 4) is 0 Å². The number of nitrogens with one attached hydrogen (secondary N) is 1. The minimum absolute atomic E-state index is 0.724. The first kappa shape index (κ1) is 29.7. The highest BCUT2D eigenvalue weighted by atomic mass is 19.2. The number of methoxy groups -OCH3 is 1. The zero-order valence-electron chi connectivity index (χ0n) is 19.8. The van der Waals surface area contributed by atoms with E-state index in [1.54, 1.807) is 0 Å². The number of esters is 5. The molecule has 0 aromatic heterocycles. The Morgan fingerprint density at radius 3 is 1.94 bits per heavy atom. The Morgan fingerprint density at radius 2 is 1.51 bits per heavy atom. The first-order chi connectivity index (χ1) is 16.1. The third-order valence-electron chi connectivity index (χ3n) is 4.55. The third kappa shape index (κ3) is 7.83. The van der Waals surface area contributed by atoms with Gasteiger partial charge in [-0.1, -0.05) is 0 Å². The van der Waals surface area contributed by atoms with Crippen LogP contribution in [0.5, 0.6) is 0 Å². The highest BCUT2D eigenvalue weighted by Gasteiger charge is 2.65. The Bertz CT molecular complexity index is 852. The molecule has 0 spiro atoms. The van der Waals surface area contributed by atoms with Gasteiger partial charge in [-0.2, -0.15) is 4.39 Å². The molecule has 198 valence electrons. The van der Waals surface area contributed by atoms with Crippen LogP contribution in [0.2, 0.25) is 0 Å². The van der Waals surface area contributed by atoms with Crippen LogP contribution < -0.4 is 5.32 Å². The number of hydrogen-bond donors (Lipinski definition) is 1. The van der Waals surface area contributed by atoms with Crippen LogP contribution >= 0.6 is 0 Å². The number of carbonyl (C=O) groups excluding carboxylic acids is 6. The largest absolute Gasteiger partial charge is 0.465 e. The van der Waals surface area contributed by atoms with Crippen molar-refractivity contribution >= 4 is 35.8 Å². The SMILES string of the molecule is COC(=O)C1(F)OC([C@H](OC(C)=O)[C@@H](COC(C)=O)OC(C)=O)C(NC(C)=O)C(OC(C)=O)C1F. The fourth-order valence-electron chi connectivity index (χ4n) is 3.37. The quantitative estimate of drug-likeness (QED) is 0.309. The maximum Gasteiger partial charge on any atom is 0.375 e. The highest BCUT2D eigenvalue weighted by molar-refractivity contribution is 5.79. The topological polar surface area (TPSA) is 170 Å². The molecule has 1 rings (SSSR count). The first-order valence-electron chi connectivity index (χ1n) is 10.1. The molecule has 15 heteroatoms. The predicted octanol–water partition coefficient (Wildman–Crippen LogP) is -0.575. The zero-order valence-corrected chi connectivity index (χ0v) is 19.8. The molecular formula is C20H27F2NO12. The molecule has 0 aromatic rings. The Kier molecular flexibility index (Phi) is 10.5. The van der Waals surface area contributed by atoms with Crippen LogP contribution in [-0.4, -0.2) is 92.0 Å². The molecule has 1 aliphatic rings. The molecule has 1 aliphatic heterocycles. The molecule has 7 atom stereocenters. The van der Waals surface area contributed by atoms with Gasteiger partial charge < -0.3 is 33.7 Å². The normalized spacial score (nSPS) is 27.4. The van der Waals surface area contributed by atoms with Gasteiger partial charge in [0, 0.05) is 34.6 Å². The van der Waals surface area contributed by atoms with Gasteiger partial charge in [0.05, 0.1) is 13.2 Å². The third-order valence-corrected chi connectivity index (χ3v) is 4.55. The van der Waals surface area contributed by atoms with Crippen LogP contribution in [0.15, 0.2) is 0 Å². The van der Waals surface area contributed by atoms with Crippen LogP contribution in [0, 0.1) is 0 Å². The van der Waals surface area contributed by atoms with Crippen molar-refractivity contribution in [2.24, 2.45) is 0 Å². The fraction of sp³-hybridized carbons (Fsp3) is 0.700. The molecule has 5 unspecified atom stereocenters. The van der Waals surface area contributed by atoms with Gasteiger partial charge in [-0.25, -0.2) is 9.18 Å². The number of ether oxygens (including phenoxy) is 6. The number of halogens is 2. The molecule has 0 aliphatic carbocycles. The van der Waals surface area contributed by atoms with Crippen molar-refractivity contribution in [1.29, 1.82) is 0 Å². The summed E-state index contributed by atoms with van der Waals surface area (Å²) < 4.78 is 60.1. The van der Waals surface area contributed by atoms with Crippen LogP contribution in [0.25, 0.3) is 0 Å². The molecule has 0 saturated carbocycles. The molecule has 0 radical (unpaired) electrons. The second-order valence-electron chi connectivity index (χ2n) is 7.45. The van der Waals surface area contributed by atoms with Crippen molar-refractivity contribution < 1.29 is 66.0 Å². The van der Waals surface area contributed by atoms with Crippen molar-refractivity contribution in [2.45, 2.75) is 77.1 Å². The lowest BCUT2D eigenvalue weighted by molar-refractivity contribution is -0.298. The van der Waals surface area contributed by atoms with Gasteiger partial charge in [0.25, 0.3) is 0 Å². The summed E-state index contributed by atoms with van der Waals surface area (Å²) in [5, 5.41) is 2.20. The van der Waals surface area contributed by atoms with E-state index < -0.39 is 84.8 Å². The van der Waals surface area contributed by atoms with Crippen LogP contribution in [0.1, 0.15) is 34.6 Å². The molecule has 13 nitrogen and oxygen atoms in total. The summed E-state index contributed by atoms with van der Waals surface area (Å²) in [7, 11) is 0.724. The standard InChI is InChI=1S/C20H27F2NO12/c1-8(24)23-14-16(15(33-11(4)27)13(32-10(3)26)7-31-9(2)25)35-20(22,19(29)30-6)18(21)17(14)34-12(5)28/h13-18H,7H2,1-6H3,(H,23,24)/t13-,14?,15-,16?,17?,18?,20?/m1/s1. The first-order valence-corrected chi connectivity index (χ1v) is 10.1. The fourth-order valence-corrected chi connectivity index (χ4v) is 3.37. The minimum Gasteiger partial charge on any atom is -0.465 e. The lowest BCUT2D eigenvalue weighted by Crippen LogP contribution is -2.72. The summed E-state index contributed by atoms with van der Waals surface area (Å²) >= 11 is 0. The predicted molar refractivity (Wildman–Crippen MR) is 107 cm³/mol. The second-order valence-corrected chi connectivity index (χ2v) is 7.45. The Morgan fingerprint density at radius 1 is 0.943 bits per heavy atom. The smallest absolute Gasteiger partial charge is 0.375 e. The van der Waals surface area contributed by atoms with Gasteiger partial charge in [0.15, 0.2) is 18.3 Å². The van der Waals surface area contributed by atoms with Crippen LogP contribution in [0.3, 0.4) is 0 Å². The van der Waals surface area contributed by atoms with E-state index in [0.29, 0.717) is 0 Å². The summed E-state index contributed by atoms with van der Waals surface area (Å²) in [6, 6.07) is -1.79. The summed E-state index contributed by atoms with van der Waals surface area (Å²) in [4.78, 5) is 70.6. The summed E-state index contributed by atoms with van der Waals surface area (Å²) in [6.07, 6.45) is -10.9. The molecule has 1 fully saturated rings. The van der Waals surface area contributed by atoms with Crippen molar-refractivity contribution in [3.05, 3.63) is 0 Å². The van der Waals surface area contributed by atoms with Crippen molar-refractivity contribution in [2.75, 3.05) is 13.7 Å². The molecule has 1 N–H and O–H groups in total. The monoisotopic (exact) mass is 511 g/mol. The number of hydrogen-bond acceptors (Lipinski definition) is 12. The Balaban J connectivity index is 3.74. The van der Waals surface area contributed by atoms with E-state index in [9.17, 15) is 28.8 Å². The summed E-state index contributed by atoms with van der Waals surface area (Å²) in [5.41, 5.74) is 0. The summed E-state index contributed by atoms with van der Waals surface area (Å²) in [5.74, 6) is -10.6. The number of rotatable bonds is 9. The van der Waals surface area contributed by atoms with Crippen molar-refractivity contribution in [3.63, 3.8) is 0 Å². The van der Waals surface area contributed by atoms with Gasteiger partial charge >= 0.3 is 35.7 Å². The average molecular weight is 511 g/mol. The van der Waals surface area contributed by atoms with Gasteiger partial charge in [-0.15, -0.1) is 0 Å². The highest BCUT2D eigenvalue weighted by Crippen LogP contribution is 2.39. The van der Waals surface area contributed by atoms with E-state index in [1.807, 2.05) is 0 Å². The second kappa shape index (κ2) is 12.4. The molecule has 0 aromatic carbocycles. The van der Waals surface area contributed by atoms with E-state index in [2.05, 4.69) is 10.1 Å². The maximum atomic E-state index is 15.6. The lowest BCUT2D eigenvalue weighted by atomic mass is 9.87. The van der Waals surface area contributed by atoms with Crippen LogP contribution in [0.4, 0.5) is 8.78 Å². The average Bonchev–Trinajstić information content (AvgIpc) is 2.73. The zero-order chi connectivity index (χ0) is 27.1. The van der Waals surface area contributed by atoms with Crippen molar-refractivity contribution in [1.82, 2.24) is 5.32 Å². The Hall–Kier alpha value is -3.36. The molecular weight excluding hydrogens is 484 g/mol. The number of amides is 1. The molecule has 1 amide bonds. The van der Waals surface area contributed by atoms with Gasteiger partial charge in [0.1, 0.15) is 12.7 Å². The van der Waals surface area contributed by atoms with Gasteiger partial charge in [-0.05, 0) is 0 Å². The number of carbonyl (C=O) groups is 6. The van der Waals surface area contributed by atoms with Crippen LogP contribution in [-0.2, 0) is 57.2 Å². The van der Waals surface area contributed by atoms with Gasteiger partial charge in [0.2, 0.25) is 12.1 Å². The van der Waals surface area contributed by atoms with E-state index in [4.69, 9.17) is 23.7 Å².